The number of ether oxygens (including phenoxy) is 2. The number of carbonyl (C=O) groups is 2. The maximum atomic E-state index is 13.1. The Kier molecular flexibility index (Phi) is 2.71. The minimum atomic E-state index is -0.202. The predicted molar refractivity (Wildman–Crippen MR) is 86.7 cm³/mol. The molecule has 1 aromatic carbocycles. The molecule has 1 heterocycles. The van der Waals surface area contributed by atoms with Gasteiger partial charge in [-0.05, 0) is 42.2 Å². The highest BCUT2D eigenvalue weighted by Gasteiger charge is 2.67. The van der Waals surface area contributed by atoms with Gasteiger partial charge in [0, 0.05) is 6.07 Å². The van der Waals surface area contributed by atoms with Crippen LogP contribution in [0.5, 0.6) is 11.5 Å². The number of rotatable bonds is 3. The topological polar surface area (TPSA) is 55.8 Å². The van der Waals surface area contributed by atoms with Crippen molar-refractivity contribution in [2.75, 3.05) is 19.1 Å². The van der Waals surface area contributed by atoms with E-state index in [4.69, 9.17) is 9.47 Å². The van der Waals surface area contributed by atoms with E-state index < -0.39 is 0 Å². The molecular formula is C19H19NO4. The van der Waals surface area contributed by atoms with Crippen LogP contribution in [0.15, 0.2) is 30.4 Å². The molecule has 5 heteroatoms. The van der Waals surface area contributed by atoms with Crippen molar-refractivity contribution in [2.24, 2.45) is 35.5 Å². The fourth-order valence-corrected chi connectivity index (χ4v) is 5.17. The predicted octanol–water partition coefficient (Wildman–Crippen LogP) is 2.26. The molecule has 4 aliphatic carbocycles. The molecule has 24 heavy (non-hydrogen) atoms. The molecule has 1 aromatic rings. The SMILES string of the molecule is COc1ccc(OC)c(N2C(=O)[C@@H]3[C@H]4C=C[C@@H]([C@@H]5C[C@@H]45)[C@H]3C2=O)c1. The van der Waals surface area contributed by atoms with Gasteiger partial charge in [0.25, 0.3) is 0 Å². The molecule has 0 unspecified atom stereocenters. The van der Waals surface area contributed by atoms with Gasteiger partial charge in [0.1, 0.15) is 11.5 Å². The zero-order chi connectivity index (χ0) is 16.6. The maximum absolute atomic E-state index is 13.1. The van der Waals surface area contributed by atoms with Gasteiger partial charge in [-0.1, -0.05) is 12.2 Å². The summed E-state index contributed by atoms with van der Waals surface area (Å²) in [5.41, 5.74) is 0.495. The zero-order valence-corrected chi connectivity index (χ0v) is 13.6. The van der Waals surface area contributed by atoms with Gasteiger partial charge in [0.15, 0.2) is 0 Å². The zero-order valence-electron chi connectivity index (χ0n) is 13.6. The fraction of sp³-hybridized carbons (Fsp3) is 0.474. The molecule has 2 bridgehead atoms. The number of methoxy groups -OCH3 is 2. The van der Waals surface area contributed by atoms with Gasteiger partial charge < -0.3 is 9.47 Å². The van der Waals surface area contributed by atoms with E-state index in [9.17, 15) is 9.59 Å². The molecule has 2 saturated carbocycles. The molecular weight excluding hydrogens is 306 g/mol. The van der Waals surface area contributed by atoms with Crippen LogP contribution in [0.2, 0.25) is 0 Å². The van der Waals surface area contributed by atoms with E-state index in [0.717, 1.165) is 0 Å². The molecule has 0 radical (unpaired) electrons. The highest BCUT2D eigenvalue weighted by molar-refractivity contribution is 6.23. The van der Waals surface area contributed by atoms with E-state index in [2.05, 4.69) is 12.2 Å². The van der Waals surface area contributed by atoms with Crippen LogP contribution in [0.3, 0.4) is 0 Å². The average molecular weight is 325 g/mol. The lowest BCUT2D eigenvalue weighted by molar-refractivity contribution is -0.124. The third kappa shape index (κ3) is 1.60. The van der Waals surface area contributed by atoms with Gasteiger partial charge >= 0.3 is 0 Å². The Balaban J connectivity index is 1.60. The molecule has 0 N–H and O–H groups in total. The number of imide groups is 1. The van der Waals surface area contributed by atoms with Crippen LogP contribution < -0.4 is 14.4 Å². The first-order chi connectivity index (χ1) is 11.7. The second-order valence-corrected chi connectivity index (χ2v) is 7.20. The van der Waals surface area contributed by atoms with Gasteiger partial charge in [0.05, 0.1) is 31.7 Å². The summed E-state index contributed by atoms with van der Waals surface area (Å²) in [6.45, 7) is 0. The first-order valence-electron chi connectivity index (χ1n) is 8.44. The minimum Gasteiger partial charge on any atom is -0.497 e. The maximum Gasteiger partial charge on any atom is 0.238 e. The summed E-state index contributed by atoms with van der Waals surface area (Å²) in [5, 5.41) is 0. The van der Waals surface area contributed by atoms with Crippen molar-refractivity contribution < 1.29 is 19.1 Å². The second-order valence-electron chi connectivity index (χ2n) is 7.20. The number of nitrogens with zero attached hydrogens (tertiary/aromatic N) is 1. The molecule has 3 fully saturated rings. The quantitative estimate of drug-likeness (QED) is 0.632. The second kappa shape index (κ2) is 4.62. The summed E-state index contributed by atoms with van der Waals surface area (Å²) in [4.78, 5) is 27.6. The Bertz CT molecular complexity index is 750. The largest absolute Gasteiger partial charge is 0.497 e. The standard InChI is InChI=1S/C19H19NO4/c1-23-9-3-6-15(24-2)14(7-9)20-18(21)16-10-4-5-11(13-8-12(10)13)17(16)19(20)22/h3-7,10-13,16-17H,8H2,1-2H3/t10-,11-,12-,13-,16+,17+/m0/s1. The highest BCUT2D eigenvalue weighted by Crippen LogP contribution is 2.65. The van der Waals surface area contributed by atoms with E-state index in [-0.39, 0.29) is 35.5 Å². The third-order valence-corrected chi connectivity index (χ3v) is 6.29. The summed E-state index contributed by atoms with van der Waals surface area (Å²) in [7, 11) is 3.11. The Morgan fingerprint density at radius 2 is 1.58 bits per heavy atom. The number of benzene rings is 1. The minimum absolute atomic E-state index is 0.0822. The number of anilines is 1. The molecule has 1 saturated heterocycles. The molecule has 0 spiro atoms. The number of hydrogen-bond acceptors (Lipinski definition) is 4. The Labute approximate surface area is 140 Å². The molecule has 6 atom stereocenters. The molecule has 1 aliphatic heterocycles. The lowest BCUT2D eigenvalue weighted by Crippen LogP contribution is -2.40. The average Bonchev–Trinajstić information content (AvgIpc) is 3.39. The van der Waals surface area contributed by atoms with Crippen molar-refractivity contribution in [3.05, 3.63) is 30.4 Å². The monoisotopic (exact) mass is 325 g/mol. The van der Waals surface area contributed by atoms with Crippen molar-refractivity contribution in [3.8, 4) is 11.5 Å². The van der Waals surface area contributed by atoms with Crippen LogP contribution in [0, 0.1) is 35.5 Å². The van der Waals surface area contributed by atoms with E-state index >= 15 is 0 Å². The number of allylic oxidation sites excluding steroid dienone is 2. The summed E-state index contributed by atoms with van der Waals surface area (Å²) in [6, 6.07) is 5.21. The molecule has 2 amide bonds. The van der Waals surface area contributed by atoms with E-state index in [1.165, 1.54) is 11.3 Å². The van der Waals surface area contributed by atoms with Gasteiger partial charge in [-0.15, -0.1) is 0 Å². The summed E-state index contributed by atoms with van der Waals surface area (Å²) in [5.74, 6) is 2.20. The Morgan fingerprint density at radius 1 is 0.958 bits per heavy atom. The smallest absolute Gasteiger partial charge is 0.238 e. The number of hydrogen-bond donors (Lipinski definition) is 0. The van der Waals surface area contributed by atoms with Crippen molar-refractivity contribution in [3.63, 3.8) is 0 Å². The van der Waals surface area contributed by atoms with Gasteiger partial charge in [-0.2, -0.15) is 0 Å². The highest BCUT2D eigenvalue weighted by atomic mass is 16.5. The van der Waals surface area contributed by atoms with Crippen molar-refractivity contribution in [1.29, 1.82) is 0 Å². The Morgan fingerprint density at radius 3 is 2.12 bits per heavy atom. The summed E-state index contributed by atoms with van der Waals surface area (Å²) >= 11 is 0. The van der Waals surface area contributed by atoms with Crippen molar-refractivity contribution in [1.82, 2.24) is 0 Å². The van der Waals surface area contributed by atoms with Crippen LogP contribution in [-0.4, -0.2) is 26.0 Å². The van der Waals surface area contributed by atoms with Gasteiger partial charge in [-0.3, -0.25) is 9.59 Å². The molecule has 5 aliphatic rings. The van der Waals surface area contributed by atoms with Crippen LogP contribution in [0.25, 0.3) is 0 Å². The van der Waals surface area contributed by atoms with Crippen LogP contribution in [0.4, 0.5) is 5.69 Å². The molecule has 6 rings (SSSR count). The third-order valence-electron chi connectivity index (χ3n) is 6.29. The van der Waals surface area contributed by atoms with Gasteiger partial charge in [0.2, 0.25) is 11.8 Å². The van der Waals surface area contributed by atoms with E-state index in [1.54, 1.807) is 32.4 Å². The van der Waals surface area contributed by atoms with Crippen molar-refractivity contribution >= 4 is 17.5 Å². The Hall–Kier alpha value is -2.30. The first kappa shape index (κ1) is 14.1. The molecule has 5 nitrogen and oxygen atoms in total. The van der Waals surface area contributed by atoms with Gasteiger partial charge in [-0.25, -0.2) is 4.90 Å². The molecule has 124 valence electrons. The number of carbonyl (C=O) groups excluding carboxylic acids is 2. The van der Waals surface area contributed by atoms with Crippen LogP contribution >= 0.6 is 0 Å². The number of amides is 2. The van der Waals surface area contributed by atoms with Crippen LogP contribution in [-0.2, 0) is 9.59 Å². The van der Waals surface area contributed by atoms with Crippen molar-refractivity contribution in [2.45, 2.75) is 6.42 Å². The molecule has 0 aromatic heterocycles. The summed E-state index contributed by atoms with van der Waals surface area (Å²) in [6.07, 6.45) is 5.52. The normalized spacial score (nSPS) is 38.2. The van der Waals surface area contributed by atoms with E-state index in [1.807, 2.05) is 0 Å². The first-order valence-corrected chi connectivity index (χ1v) is 8.44. The lowest BCUT2D eigenvalue weighted by Gasteiger charge is -2.37. The summed E-state index contributed by atoms with van der Waals surface area (Å²) < 4.78 is 10.7. The fourth-order valence-electron chi connectivity index (χ4n) is 5.17. The lowest BCUT2D eigenvalue weighted by atomic mass is 9.63. The van der Waals surface area contributed by atoms with E-state index in [0.29, 0.717) is 29.0 Å². The van der Waals surface area contributed by atoms with Crippen LogP contribution in [0.1, 0.15) is 6.42 Å².